The number of hydrogen-bond donors (Lipinski definition) is 0. The molecule has 1 fully saturated rings. The first-order valence-electron chi connectivity index (χ1n) is 8.42. The van der Waals surface area contributed by atoms with Gasteiger partial charge >= 0.3 is 0 Å². The van der Waals surface area contributed by atoms with Crippen LogP contribution in [0.25, 0.3) is 0 Å². The number of oxazole rings is 1. The molecule has 2 aromatic rings. The van der Waals surface area contributed by atoms with Crippen molar-refractivity contribution in [3.8, 4) is 0 Å². The molecule has 2 aromatic heterocycles. The van der Waals surface area contributed by atoms with E-state index in [-0.39, 0.29) is 11.9 Å². The number of carbonyl (C=O) groups excluding carboxylic acids is 1. The summed E-state index contributed by atoms with van der Waals surface area (Å²) < 4.78 is 5.53. The Balaban J connectivity index is 1.55. The molecule has 0 saturated carbocycles. The number of aryl methyl sites for hydroxylation is 1. The van der Waals surface area contributed by atoms with Gasteiger partial charge < -0.3 is 14.2 Å². The van der Waals surface area contributed by atoms with Gasteiger partial charge in [0.25, 0.3) is 0 Å². The number of aromatic nitrogens is 2. The van der Waals surface area contributed by atoms with Crippen LogP contribution in [0.2, 0.25) is 0 Å². The molecule has 0 N–H and O–H groups in total. The molecule has 1 aliphatic rings. The first-order chi connectivity index (χ1) is 11.6. The maximum Gasteiger partial charge on any atom is 0.220 e. The van der Waals surface area contributed by atoms with E-state index in [0.717, 1.165) is 43.9 Å². The van der Waals surface area contributed by atoms with E-state index in [1.165, 1.54) is 0 Å². The summed E-state index contributed by atoms with van der Waals surface area (Å²) in [5, 5.41) is 0. The zero-order valence-corrected chi connectivity index (χ0v) is 14.3. The highest BCUT2D eigenvalue weighted by Gasteiger charge is 2.30. The van der Waals surface area contributed by atoms with Crippen molar-refractivity contribution >= 4 is 5.91 Å². The molecule has 3 heterocycles. The Morgan fingerprint density at radius 2 is 2.29 bits per heavy atom. The fourth-order valence-electron chi connectivity index (χ4n) is 3.21. The van der Waals surface area contributed by atoms with Gasteiger partial charge in [0.05, 0.1) is 12.7 Å². The molecular weight excluding hydrogens is 304 g/mol. The molecule has 1 amide bonds. The molecule has 24 heavy (non-hydrogen) atoms. The highest BCUT2D eigenvalue weighted by atomic mass is 16.4. The number of likely N-dealkylation sites (tertiary alicyclic amines) is 1. The minimum absolute atomic E-state index is 0.0717. The van der Waals surface area contributed by atoms with Crippen LogP contribution in [0.15, 0.2) is 35.0 Å². The van der Waals surface area contributed by atoms with Crippen LogP contribution in [0, 0.1) is 6.92 Å². The molecular formula is C18H24N4O2. The van der Waals surface area contributed by atoms with Crippen LogP contribution in [0.1, 0.15) is 30.7 Å². The maximum absolute atomic E-state index is 12.1. The fraction of sp³-hybridized carbons (Fsp3) is 0.500. The van der Waals surface area contributed by atoms with E-state index in [1.807, 2.05) is 30.2 Å². The summed E-state index contributed by atoms with van der Waals surface area (Å²) in [5.41, 5.74) is 1.11. The largest absolute Gasteiger partial charge is 0.444 e. The Kier molecular flexibility index (Phi) is 5.25. The van der Waals surface area contributed by atoms with Crippen molar-refractivity contribution in [2.24, 2.45) is 0 Å². The number of rotatable bonds is 6. The quantitative estimate of drug-likeness (QED) is 0.812. The van der Waals surface area contributed by atoms with Crippen LogP contribution in [-0.2, 0) is 17.8 Å². The van der Waals surface area contributed by atoms with E-state index >= 15 is 0 Å². The van der Waals surface area contributed by atoms with Gasteiger partial charge in [-0.1, -0.05) is 6.07 Å². The van der Waals surface area contributed by atoms with Crippen molar-refractivity contribution < 1.29 is 9.21 Å². The van der Waals surface area contributed by atoms with Gasteiger partial charge in [0.2, 0.25) is 11.8 Å². The predicted molar refractivity (Wildman–Crippen MR) is 90.3 cm³/mol. The van der Waals surface area contributed by atoms with E-state index in [1.54, 1.807) is 13.1 Å². The number of amides is 1. The SMILES string of the molecule is CC(=O)N(Cc1ncc(C)o1)C1CCN(CCc2ccccn2)C1. The van der Waals surface area contributed by atoms with Crippen LogP contribution < -0.4 is 0 Å². The Labute approximate surface area is 142 Å². The van der Waals surface area contributed by atoms with Crippen molar-refractivity contribution in [2.75, 3.05) is 19.6 Å². The lowest BCUT2D eigenvalue weighted by atomic mass is 10.2. The lowest BCUT2D eigenvalue weighted by Gasteiger charge is -2.27. The van der Waals surface area contributed by atoms with Gasteiger partial charge in [0.1, 0.15) is 5.76 Å². The lowest BCUT2D eigenvalue weighted by molar-refractivity contribution is -0.132. The Morgan fingerprint density at radius 1 is 1.42 bits per heavy atom. The van der Waals surface area contributed by atoms with Crippen molar-refractivity contribution in [1.29, 1.82) is 0 Å². The van der Waals surface area contributed by atoms with E-state index in [9.17, 15) is 4.79 Å². The molecule has 0 bridgehead atoms. The lowest BCUT2D eigenvalue weighted by Crippen LogP contribution is -2.40. The van der Waals surface area contributed by atoms with Gasteiger partial charge in [-0.2, -0.15) is 0 Å². The summed E-state index contributed by atoms with van der Waals surface area (Å²) in [6.45, 7) is 6.80. The standard InChI is InChI=1S/C18H24N4O2/c1-14-11-20-18(24-14)13-22(15(2)23)17-7-10-21(12-17)9-6-16-5-3-4-8-19-16/h3-5,8,11,17H,6-7,9-10,12-13H2,1-2H3. The van der Waals surface area contributed by atoms with Crippen molar-refractivity contribution in [1.82, 2.24) is 19.8 Å². The van der Waals surface area contributed by atoms with Crippen molar-refractivity contribution in [2.45, 2.75) is 39.3 Å². The van der Waals surface area contributed by atoms with Crippen LogP contribution in [0.4, 0.5) is 0 Å². The van der Waals surface area contributed by atoms with Crippen molar-refractivity contribution in [3.05, 3.63) is 47.9 Å². The first-order valence-corrected chi connectivity index (χ1v) is 8.42. The second kappa shape index (κ2) is 7.57. The molecule has 1 saturated heterocycles. The fourth-order valence-corrected chi connectivity index (χ4v) is 3.21. The maximum atomic E-state index is 12.1. The molecule has 0 aliphatic carbocycles. The molecule has 6 nitrogen and oxygen atoms in total. The zero-order chi connectivity index (χ0) is 16.9. The highest BCUT2D eigenvalue weighted by molar-refractivity contribution is 5.73. The minimum Gasteiger partial charge on any atom is -0.444 e. The third-order valence-electron chi connectivity index (χ3n) is 4.48. The Bertz CT molecular complexity index is 671. The van der Waals surface area contributed by atoms with Gasteiger partial charge in [-0.3, -0.25) is 9.78 Å². The second-order valence-electron chi connectivity index (χ2n) is 6.33. The minimum atomic E-state index is 0.0717. The molecule has 0 spiro atoms. The van der Waals surface area contributed by atoms with Crippen LogP contribution >= 0.6 is 0 Å². The molecule has 0 radical (unpaired) electrons. The number of pyridine rings is 1. The van der Waals surface area contributed by atoms with E-state index < -0.39 is 0 Å². The summed E-state index contributed by atoms with van der Waals surface area (Å²) in [4.78, 5) is 24.9. The molecule has 128 valence electrons. The van der Waals surface area contributed by atoms with E-state index in [2.05, 4.69) is 20.9 Å². The topological polar surface area (TPSA) is 62.5 Å². The average molecular weight is 328 g/mol. The third kappa shape index (κ3) is 4.20. The van der Waals surface area contributed by atoms with Crippen LogP contribution in [0.5, 0.6) is 0 Å². The normalized spacial score (nSPS) is 18.0. The highest BCUT2D eigenvalue weighted by Crippen LogP contribution is 2.19. The van der Waals surface area contributed by atoms with Gasteiger partial charge in [-0.15, -0.1) is 0 Å². The summed E-state index contributed by atoms with van der Waals surface area (Å²) in [6.07, 6.45) is 5.45. The summed E-state index contributed by atoms with van der Waals surface area (Å²) in [5.74, 6) is 1.45. The predicted octanol–water partition coefficient (Wildman–Crippen LogP) is 2.04. The molecule has 0 aromatic carbocycles. The summed E-state index contributed by atoms with van der Waals surface area (Å²) in [6, 6.07) is 6.23. The summed E-state index contributed by atoms with van der Waals surface area (Å²) in [7, 11) is 0. The van der Waals surface area contributed by atoms with E-state index in [0.29, 0.717) is 12.4 Å². The molecule has 1 atom stereocenters. The van der Waals surface area contributed by atoms with Gasteiger partial charge in [0.15, 0.2) is 0 Å². The average Bonchev–Trinajstić information content (AvgIpc) is 3.20. The zero-order valence-electron chi connectivity index (χ0n) is 14.3. The monoisotopic (exact) mass is 328 g/mol. The Morgan fingerprint density at radius 3 is 2.96 bits per heavy atom. The van der Waals surface area contributed by atoms with E-state index in [4.69, 9.17) is 4.42 Å². The van der Waals surface area contributed by atoms with Crippen molar-refractivity contribution in [3.63, 3.8) is 0 Å². The number of hydrogen-bond acceptors (Lipinski definition) is 5. The molecule has 6 heteroatoms. The summed E-state index contributed by atoms with van der Waals surface area (Å²) >= 11 is 0. The van der Waals surface area contributed by atoms with Gasteiger partial charge in [-0.25, -0.2) is 4.98 Å². The molecule has 1 unspecified atom stereocenters. The number of carbonyl (C=O) groups is 1. The third-order valence-corrected chi connectivity index (χ3v) is 4.48. The molecule has 1 aliphatic heterocycles. The van der Waals surface area contributed by atoms with Crippen LogP contribution in [-0.4, -0.2) is 51.4 Å². The van der Waals surface area contributed by atoms with Gasteiger partial charge in [-0.05, 0) is 25.5 Å². The van der Waals surface area contributed by atoms with Gasteiger partial charge in [0, 0.05) is 50.9 Å². The number of nitrogens with zero attached hydrogens (tertiary/aromatic N) is 4. The molecule has 3 rings (SSSR count). The second-order valence-corrected chi connectivity index (χ2v) is 6.33. The smallest absolute Gasteiger partial charge is 0.220 e. The first kappa shape index (κ1) is 16.6. The van der Waals surface area contributed by atoms with Crippen LogP contribution in [0.3, 0.4) is 0 Å². The Hall–Kier alpha value is -2.21.